The molecule has 0 saturated carbocycles. The van der Waals surface area contributed by atoms with Gasteiger partial charge < -0.3 is 34.6 Å². The van der Waals surface area contributed by atoms with Gasteiger partial charge in [0.2, 0.25) is 0 Å². The number of aromatic nitrogens is 2. The van der Waals surface area contributed by atoms with Crippen molar-refractivity contribution >= 4 is 28.8 Å². The van der Waals surface area contributed by atoms with Crippen LogP contribution in [0.1, 0.15) is 36.9 Å². The summed E-state index contributed by atoms with van der Waals surface area (Å²) in [5.41, 5.74) is 1.08. The number of carbonyl (C=O) groups is 3. The quantitative estimate of drug-likeness (QED) is 0.220. The van der Waals surface area contributed by atoms with Crippen molar-refractivity contribution in [3.63, 3.8) is 0 Å². The number of aliphatic carboxylic acids is 3. The van der Waals surface area contributed by atoms with E-state index in [9.17, 15) is 14.4 Å². The van der Waals surface area contributed by atoms with E-state index in [0.717, 1.165) is 51.4 Å². The summed E-state index contributed by atoms with van der Waals surface area (Å²) in [6, 6.07) is 14.9. The van der Waals surface area contributed by atoms with Gasteiger partial charge >= 0.3 is 17.9 Å². The number of hydrogen-bond acceptors (Lipinski definition) is 8. The van der Waals surface area contributed by atoms with Gasteiger partial charge in [0, 0.05) is 62.6 Å². The van der Waals surface area contributed by atoms with Crippen molar-refractivity contribution in [1.29, 1.82) is 0 Å². The fraction of sp³-hybridized carbons (Fsp3) is 0.467. The molecule has 2 aromatic heterocycles. The molecule has 3 aromatic rings. The minimum absolute atomic E-state index is 0.334. The Hall–Kier alpha value is -3.84. The highest BCUT2D eigenvalue weighted by atomic mass is 16.5. The summed E-state index contributed by atoms with van der Waals surface area (Å²) in [5.74, 6) is -5.02. The Kier molecular flexibility index (Phi) is 12.0. The van der Waals surface area contributed by atoms with Gasteiger partial charge in [0.15, 0.2) is 5.60 Å². The zero-order valence-corrected chi connectivity index (χ0v) is 24.1. The van der Waals surface area contributed by atoms with E-state index >= 15 is 0 Å². The number of benzene rings is 1. The average molecular weight is 585 g/mol. The molecule has 12 nitrogen and oxygen atoms in total. The zero-order chi connectivity index (χ0) is 30.7. The van der Waals surface area contributed by atoms with Gasteiger partial charge in [-0.1, -0.05) is 24.3 Å². The standard InChI is InChI=1S/C24H32N4O.C6H8O7/c1-26(2)13-14-28-17-20(23-10-3-4-11-24(23)28)16-27(19-22-9-7-15-29-22)18-21-8-5-6-12-25-21;7-3(8)1-6(13,5(11)12)2-4(9)10/h3-6,8,10-12,17,22H,7,9,13-16,18-19H2,1-2H3;13H,1-2H2,(H,7,8)(H,9,10)(H,11,12). The predicted octanol–water partition coefficient (Wildman–Crippen LogP) is 2.53. The average Bonchev–Trinajstić information content (AvgIpc) is 3.55. The number of pyridine rings is 1. The molecule has 1 aliphatic rings. The normalized spacial score (nSPS) is 15.1. The second-order valence-corrected chi connectivity index (χ2v) is 10.8. The largest absolute Gasteiger partial charge is 0.481 e. The molecule has 0 amide bonds. The summed E-state index contributed by atoms with van der Waals surface area (Å²) < 4.78 is 8.34. The molecule has 1 aromatic carbocycles. The Morgan fingerprint density at radius 1 is 1.02 bits per heavy atom. The van der Waals surface area contributed by atoms with Crippen LogP contribution in [0.5, 0.6) is 0 Å². The van der Waals surface area contributed by atoms with Crippen LogP contribution in [0.2, 0.25) is 0 Å². The molecule has 0 bridgehead atoms. The van der Waals surface area contributed by atoms with Crippen molar-refractivity contribution in [2.45, 2.75) is 57.0 Å². The molecule has 4 N–H and O–H groups in total. The Labute approximate surface area is 244 Å². The maximum Gasteiger partial charge on any atom is 0.336 e. The monoisotopic (exact) mass is 584 g/mol. The van der Waals surface area contributed by atoms with E-state index in [1.54, 1.807) is 0 Å². The van der Waals surface area contributed by atoms with Crippen LogP contribution in [0.15, 0.2) is 54.9 Å². The van der Waals surface area contributed by atoms with E-state index in [4.69, 9.17) is 25.2 Å². The minimum Gasteiger partial charge on any atom is -0.481 e. The summed E-state index contributed by atoms with van der Waals surface area (Å²) in [4.78, 5) is 39.8. The lowest BCUT2D eigenvalue weighted by Crippen LogP contribution is -2.42. The van der Waals surface area contributed by atoms with Gasteiger partial charge in [-0.05, 0) is 50.7 Å². The van der Waals surface area contributed by atoms with Gasteiger partial charge in [-0.3, -0.25) is 19.5 Å². The number of para-hydroxylation sites is 1. The first-order valence-corrected chi connectivity index (χ1v) is 13.8. The molecule has 4 rings (SSSR count). The van der Waals surface area contributed by atoms with Crippen molar-refractivity contribution in [2.75, 3.05) is 33.8 Å². The number of ether oxygens (including phenoxy) is 1. The van der Waals surface area contributed by atoms with Crippen LogP contribution in [0, 0.1) is 0 Å². The van der Waals surface area contributed by atoms with E-state index in [-0.39, 0.29) is 0 Å². The molecule has 228 valence electrons. The lowest BCUT2D eigenvalue weighted by molar-refractivity contribution is -0.170. The molecule has 1 unspecified atom stereocenters. The number of fused-ring (bicyclic) bond motifs is 1. The Morgan fingerprint density at radius 3 is 2.29 bits per heavy atom. The molecular weight excluding hydrogens is 544 g/mol. The first kappa shape index (κ1) is 32.7. The Bertz CT molecular complexity index is 1310. The van der Waals surface area contributed by atoms with Gasteiger partial charge in [-0.2, -0.15) is 0 Å². The SMILES string of the molecule is CN(C)CCn1cc(CN(Cc2ccccn2)CC2CCCO2)c2ccccc21.O=C(O)CC(O)(CC(=O)O)C(=O)O. The van der Waals surface area contributed by atoms with Crippen molar-refractivity contribution < 1.29 is 39.5 Å². The first-order chi connectivity index (χ1) is 20.0. The maximum atomic E-state index is 10.3. The van der Waals surface area contributed by atoms with E-state index < -0.39 is 36.4 Å². The van der Waals surface area contributed by atoms with Crippen molar-refractivity contribution in [2.24, 2.45) is 0 Å². The minimum atomic E-state index is -2.74. The van der Waals surface area contributed by atoms with E-state index in [0.29, 0.717) is 6.10 Å². The van der Waals surface area contributed by atoms with Crippen LogP contribution in [0.4, 0.5) is 0 Å². The predicted molar refractivity (Wildman–Crippen MR) is 155 cm³/mol. The first-order valence-electron chi connectivity index (χ1n) is 13.8. The van der Waals surface area contributed by atoms with E-state index in [1.165, 1.54) is 22.9 Å². The molecule has 1 atom stereocenters. The van der Waals surface area contributed by atoms with Crippen LogP contribution < -0.4 is 0 Å². The van der Waals surface area contributed by atoms with E-state index in [1.807, 2.05) is 12.3 Å². The number of aliphatic hydroxyl groups is 1. The highest BCUT2D eigenvalue weighted by molar-refractivity contribution is 5.88. The van der Waals surface area contributed by atoms with Crippen molar-refractivity contribution in [1.82, 2.24) is 19.4 Å². The third kappa shape index (κ3) is 9.91. The van der Waals surface area contributed by atoms with Crippen molar-refractivity contribution in [3.8, 4) is 0 Å². The Morgan fingerprint density at radius 2 is 1.71 bits per heavy atom. The molecule has 0 spiro atoms. The molecular formula is C30H40N4O8. The van der Waals surface area contributed by atoms with Gasteiger partial charge in [-0.25, -0.2) is 4.79 Å². The molecule has 1 aliphatic heterocycles. The molecule has 0 radical (unpaired) electrons. The van der Waals surface area contributed by atoms with E-state index in [2.05, 4.69) is 76.0 Å². The lowest BCUT2D eigenvalue weighted by atomic mass is 9.96. The summed E-state index contributed by atoms with van der Waals surface area (Å²) >= 11 is 0. The molecule has 1 saturated heterocycles. The summed E-state index contributed by atoms with van der Waals surface area (Å²) in [6.07, 6.45) is 4.60. The molecule has 1 fully saturated rings. The summed E-state index contributed by atoms with van der Waals surface area (Å²) in [5, 5.41) is 35.2. The third-order valence-electron chi connectivity index (χ3n) is 6.94. The van der Waals surface area contributed by atoms with Crippen LogP contribution in [-0.4, -0.2) is 103 Å². The fourth-order valence-electron chi connectivity index (χ4n) is 4.88. The van der Waals surface area contributed by atoms with Crippen LogP contribution >= 0.6 is 0 Å². The highest BCUT2D eigenvalue weighted by Crippen LogP contribution is 2.24. The summed E-state index contributed by atoms with van der Waals surface area (Å²) in [7, 11) is 4.26. The van der Waals surface area contributed by atoms with Crippen LogP contribution in [0.3, 0.4) is 0 Å². The number of nitrogens with zero attached hydrogens (tertiary/aromatic N) is 4. The zero-order valence-electron chi connectivity index (χ0n) is 24.1. The number of rotatable bonds is 14. The molecule has 42 heavy (non-hydrogen) atoms. The second kappa shape index (κ2) is 15.4. The number of likely N-dealkylation sites (N-methyl/N-ethyl adjacent to an activating group) is 1. The highest BCUT2D eigenvalue weighted by Gasteiger charge is 2.40. The fourth-order valence-corrected chi connectivity index (χ4v) is 4.88. The van der Waals surface area contributed by atoms with Crippen molar-refractivity contribution in [3.05, 3.63) is 66.1 Å². The van der Waals surface area contributed by atoms with Gasteiger partial charge in [-0.15, -0.1) is 0 Å². The Balaban J connectivity index is 0.000000316. The number of carboxylic acids is 3. The van der Waals surface area contributed by atoms with Gasteiger partial charge in [0.25, 0.3) is 0 Å². The summed E-state index contributed by atoms with van der Waals surface area (Å²) in [6.45, 7) is 5.63. The molecule has 0 aliphatic carbocycles. The maximum absolute atomic E-state index is 10.3. The second-order valence-electron chi connectivity index (χ2n) is 10.8. The number of hydrogen-bond donors (Lipinski definition) is 4. The smallest absolute Gasteiger partial charge is 0.336 e. The van der Waals surface area contributed by atoms with Crippen LogP contribution in [-0.2, 0) is 38.8 Å². The number of carboxylic acid groups (broad SMARTS) is 3. The topological polar surface area (TPSA) is 166 Å². The third-order valence-corrected chi connectivity index (χ3v) is 6.94. The van der Waals surface area contributed by atoms with Gasteiger partial charge in [0.1, 0.15) is 0 Å². The lowest BCUT2D eigenvalue weighted by Gasteiger charge is -2.24. The molecule has 12 heteroatoms. The van der Waals surface area contributed by atoms with Crippen LogP contribution in [0.25, 0.3) is 10.9 Å². The molecule has 3 heterocycles. The van der Waals surface area contributed by atoms with Gasteiger partial charge in [0.05, 0.1) is 24.6 Å².